The van der Waals surface area contributed by atoms with Gasteiger partial charge in [-0.3, -0.25) is 14.4 Å². The normalized spacial score (nSPS) is 23.2. The van der Waals surface area contributed by atoms with Crippen molar-refractivity contribution in [3.63, 3.8) is 0 Å². The highest BCUT2D eigenvalue weighted by Crippen LogP contribution is 2.28. The van der Waals surface area contributed by atoms with E-state index in [0.717, 1.165) is 12.8 Å². The third-order valence-electron chi connectivity index (χ3n) is 4.34. The number of nitrogens with one attached hydrogen (secondary N) is 2. The summed E-state index contributed by atoms with van der Waals surface area (Å²) in [7, 11) is 0. The highest BCUT2D eigenvalue weighted by atomic mass is 16.2. The Morgan fingerprint density at radius 2 is 1.81 bits per heavy atom. The first-order valence-corrected chi connectivity index (χ1v) is 7.89. The molecular weight excluding hydrogens is 270 g/mol. The molecule has 1 saturated heterocycles. The number of carbonyl (C=O) groups is 3. The van der Waals surface area contributed by atoms with Crippen molar-refractivity contribution in [2.75, 3.05) is 19.6 Å². The molecule has 2 aliphatic rings. The summed E-state index contributed by atoms with van der Waals surface area (Å²) in [5.41, 5.74) is 0. The van der Waals surface area contributed by atoms with Gasteiger partial charge in [0.1, 0.15) is 0 Å². The standard InChI is InChI=1S/C15H25N3O3/c1-11(19)16-7-8-17-15(21)12-9-14(20)18(10-12)13-5-3-2-4-6-13/h12-13H,2-10H2,1H3,(H,16,19)(H,17,21). The van der Waals surface area contributed by atoms with Gasteiger partial charge >= 0.3 is 0 Å². The summed E-state index contributed by atoms with van der Waals surface area (Å²) >= 11 is 0. The molecule has 21 heavy (non-hydrogen) atoms. The summed E-state index contributed by atoms with van der Waals surface area (Å²) in [5.74, 6) is -0.309. The first-order valence-electron chi connectivity index (χ1n) is 7.89. The molecule has 0 aromatic rings. The maximum absolute atomic E-state index is 12.1. The first kappa shape index (κ1) is 15.8. The number of nitrogens with zero attached hydrogens (tertiary/aromatic N) is 1. The maximum Gasteiger partial charge on any atom is 0.225 e. The van der Waals surface area contributed by atoms with E-state index >= 15 is 0 Å². The molecule has 1 aliphatic heterocycles. The van der Waals surface area contributed by atoms with E-state index in [9.17, 15) is 14.4 Å². The molecule has 1 unspecified atom stereocenters. The molecule has 6 heteroatoms. The smallest absolute Gasteiger partial charge is 0.225 e. The van der Waals surface area contributed by atoms with Crippen LogP contribution in [-0.4, -0.2) is 48.3 Å². The van der Waals surface area contributed by atoms with Crippen molar-refractivity contribution in [3.8, 4) is 0 Å². The van der Waals surface area contributed by atoms with Crippen LogP contribution >= 0.6 is 0 Å². The molecule has 1 aliphatic carbocycles. The Labute approximate surface area is 125 Å². The van der Waals surface area contributed by atoms with E-state index in [2.05, 4.69) is 10.6 Å². The minimum Gasteiger partial charge on any atom is -0.355 e. The highest BCUT2D eigenvalue weighted by Gasteiger charge is 2.37. The second kappa shape index (κ2) is 7.43. The van der Waals surface area contributed by atoms with Crippen molar-refractivity contribution in [3.05, 3.63) is 0 Å². The number of likely N-dealkylation sites (tertiary alicyclic amines) is 1. The molecule has 0 radical (unpaired) electrons. The van der Waals surface area contributed by atoms with Gasteiger partial charge in [-0.25, -0.2) is 0 Å². The van der Waals surface area contributed by atoms with Crippen LogP contribution in [0.15, 0.2) is 0 Å². The zero-order valence-electron chi connectivity index (χ0n) is 12.7. The van der Waals surface area contributed by atoms with E-state index in [-0.39, 0.29) is 23.6 Å². The van der Waals surface area contributed by atoms with Crippen LogP contribution < -0.4 is 10.6 Å². The van der Waals surface area contributed by atoms with E-state index in [1.54, 1.807) is 0 Å². The third-order valence-corrected chi connectivity index (χ3v) is 4.34. The monoisotopic (exact) mass is 295 g/mol. The van der Waals surface area contributed by atoms with Gasteiger partial charge in [0.15, 0.2) is 0 Å². The molecule has 2 rings (SSSR count). The van der Waals surface area contributed by atoms with Crippen molar-refractivity contribution < 1.29 is 14.4 Å². The molecule has 2 fully saturated rings. The molecule has 1 heterocycles. The van der Waals surface area contributed by atoms with Crippen molar-refractivity contribution in [2.24, 2.45) is 5.92 Å². The van der Waals surface area contributed by atoms with Crippen LogP contribution in [0.25, 0.3) is 0 Å². The van der Waals surface area contributed by atoms with Gasteiger partial charge in [0.25, 0.3) is 0 Å². The van der Waals surface area contributed by atoms with Crippen LogP contribution in [0.4, 0.5) is 0 Å². The lowest BCUT2D eigenvalue weighted by Crippen LogP contribution is -2.40. The predicted octanol–water partition coefficient (Wildman–Crippen LogP) is 0.420. The molecule has 6 nitrogen and oxygen atoms in total. The molecule has 3 amide bonds. The minimum atomic E-state index is -0.239. The van der Waals surface area contributed by atoms with Gasteiger partial charge in [-0.05, 0) is 12.8 Å². The van der Waals surface area contributed by atoms with Crippen LogP contribution in [0.2, 0.25) is 0 Å². The van der Waals surface area contributed by atoms with Gasteiger partial charge in [-0.2, -0.15) is 0 Å². The van der Waals surface area contributed by atoms with Crippen molar-refractivity contribution in [2.45, 2.75) is 51.5 Å². The first-order chi connectivity index (χ1) is 10.1. The fourth-order valence-electron chi connectivity index (χ4n) is 3.22. The van der Waals surface area contributed by atoms with Gasteiger partial charge in [-0.1, -0.05) is 19.3 Å². The zero-order valence-corrected chi connectivity index (χ0v) is 12.7. The molecular formula is C15H25N3O3. The lowest BCUT2D eigenvalue weighted by atomic mass is 9.94. The Kier molecular flexibility index (Phi) is 5.59. The summed E-state index contributed by atoms with van der Waals surface area (Å²) in [4.78, 5) is 36.8. The Bertz CT molecular complexity index is 405. The third kappa shape index (κ3) is 4.44. The summed E-state index contributed by atoms with van der Waals surface area (Å²) in [6.07, 6.45) is 6.09. The van der Waals surface area contributed by atoms with Crippen LogP contribution in [-0.2, 0) is 14.4 Å². The topological polar surface area (TPSA) is 78.5 Å². The zero-order chi connectivity index (χ0) is 15.2. The molecule has 0 bridgehead atoms. The van der Waals surface area contributed by atoms with Crippen LogP contribution in [0.3, 0.4) is 0 Å². The number of hydrogen-bond acceptors (Lipinski definition) is 3. The van der Waals surface area contributed by atoms with E-state index in [1.807, 2.05) is 4.90 Å². The lowest BCUT2D eigenvalue weighted by Gasteiger charge is -2.31. The fourth-order valence-corrected chi connectivity index (χ4v) is 3.22. The van der Waals surface area contributed by atoms with E-state index in [1.165, 1.54) is 26.2 Å². The van der Waals surface area contributed by atoms with Crippen molar-refractivity contribution in [1.29, 1.82) is 0 Å². The molecule has 1 atom stereocenters. The number of rotatable bonds is 5. The second-order valence-electron chi connectivity index (χ2n) is 6.01. The van der Waals surface area contributed by atoms with Crippen LogP contribution in [0.1, 0.15) is 45.4 Å². The predicted molar refractivity (Wildman–Crippen MR) is 78.4 cm³/mol. The van der Waals surface area contributed by atoms with Crippen molar-refractivity contribution >= 4 is 17.7 Å². The number of amides is 3. The highest BCUT2D eigenvalue weighted by molar-refractivity contribution is 5.89. The van der Waals surface area contributed by atoms with E-state index in [4.69, 9.17) is 0 Å². The molecule has 0 spiro atoms. The Morgan fingerprint density at radius 1 is 1.14 bits per heavy atom. The second-order valence-corrected chi connectivity index (χ2v) is 6.01. The van der Waals surface area contributed by atoms with Gasteiger partial charge in [0.2, 0.25) is 17.7 Å². The largest absolute Gasteiger partial charge is 0.355 e. The summed E-state index contributed by atoms with van der Waals surface area (Å²) in [6, 6.07) is 0.337. The quantitative estimate of drug-likeness (QED) is 0.722. The summed E-state index contributed by atoms with van der Waals surface area (Å²) < 4.78 is 0. The number of carbonyl (C=O) groups excluding carboxylic acids is 3. The Balaban J connectivity index is 1.75. The molecule has 0 aromatic carbocycles. The molecule has 0 aromatic heterocycles. The van der Waals surface area contributed by atoms with Crippen LogP contribution in [0, 0.1) is 5.92 Å². The summed E-state index contributed by atoms with van der Waals surface area (Å²) in [6.45, 7) is 2.83. The van der Waals surface area contributed by atoms with Gasteiger partial charge < -0.3 is 15.5 Å². The summed E-state index contributed by atoms with van der Waals surface area (Å²) in [5, 5.41) is 5.42. The van der Waals surface area contributed by atoms with Gasteiger partial charge in [-0.15, -0.1) is 0 Å². The van der Waals surface area contributed by atoms with Gasteiger partial charge in [0, 0.05) is 39.0 Å². The SMILES string of the molecule is CC(=O)NCCNC(=O)C1CC(=O)N(C2CCCCC2)C1. The Hall–Kier alpha value is -1.59. The van der Waals surface area contributed by atoms with E-state index in [0.29, 0.717) is 32.1 Å². The van der Waals surface area contributed by atoms with E-state index < -0.39 is 0 Å². The van der Waals surface area contributed by atoms with Crippen molar-refractivity contribution in [1.82, 2.24) is 15.5 Å². The molecule has 2 N–H and O–H groups in total. The average Bonchev–Trinajstić information content (AvgIpc) is 2.86. The number of hydrogen-bond donors (Lipinski definition) is 2. The van der Waals surface area contributed by atoms with Gasteiger partial charge in [0.05, 0.1) is 5.92 Å². The lowest BCUT2D eigenvalue weighted by molar-refractivity contribution is -0.130. The molecule has 118 valence electrons. The maximum atomic E-state index is 12.1. The van der Waals surface area contributed by atoms with Crippen LogP contribution in [0.5, 0.6) is 0 Å². The minimum absolute atomic E-state index is 0.0768. The Morgan fingerprint density at radius 3 is 2.48 bits per heavy atom. The average molecular weight is 295 g/mol. The fraction of sp³-hybridized carbons (Fsp3) is 0.800. The molecule has 1 saturated carbocycles.